The van der Waals surface area contributed by atoms with E-state index >= 15 is 0 Å². The molecule has 0 heterocycles. The molecule has 0 aliphatic heterocycles. The molecule has 2 N–H and O–H groups in total. The van der Waals surface area contributed by atoms with E-state index in [0.29, 0.717) is 11.3 Å². The molecule has 29 heavy (non-hydrogen) atoms. The molecule has 1 saturated carbocycles. The summed E-state index contributed by atoms with van der Waals surface area (Å²) in [6, 6.07) is 6.86. The third kappa shape index (κ3) is 8.98. The number of alkyl carbamates (subject to hydrolysis) is 1. The lowest BCUT2D eigenvalue weighted by Crippen LogP contribution is -2.36. The minimum absolute atomic E-state index is 0.00435. The fraction of sp³-hybridized carbons (Fsp3) is 0.545. The number of carbonyl (C=O) groups is 2. The monoisotopic (exact) mass is 406 g/mol. The van der Waals surface area contributed by atoms with Gasteiger partial charge in [-0.2, -0.15) is 0 Å². The number of hydrogen-bond donors (Lipinski definition) is 2. The lowest BCUT2D eigenvalue weighted by Gasteiger charge is -2.22. The second-order valence-electron chi connectivity index (χ2n) is 8.16. The first kappa shape index (κ1) is 22.7. The largest absolute Gasteiger partial charge is 0.487 e. The molecule has 1 fully saturated rings. The molecule has 0 atom stereocenters. The van der Waals surface area contributed by atoms with E-state index in [1.54, 1.807) is 45.0 Å². The summed E-state index contributed by atoms with van der Waals surface area (Å²) in [4.78, 5) is 23.8. The highest BCUT2D eigenvalue weighted by Gasteiger charge is 2.17. The molecule has 1 aromatic rings. The number of halogens is 1. The van der Waals surface area contributed by atoms with Crippen molar-refractivity contribution in [1.82, 2.24) is 10.6 Å². The van der Waals surface area contributed by atoms with Crippen LogP contribution in [-0.4, -0.2) is 36.8 Å². The first-order valence-corrected chi connectivity index (χ1v) is 10.1. The minimum atomic E-state index is -0.607. The van der Waals surface area contributed by atoms with Crippen LogP contribution in [0.2, 0.25) is 0 Å². The number of nitrogens with one attached hydrogen (secondary N) is 2. The van der Waals surface area contributed by atoms with E-state index in [2.05, 4.69) is 10.6 Å². The van der Waals surface area contributed by atoms with Crippen LogP contribution in [0.15, 0.2) is 36.2 Å². The van der Waals surface area contributed by atoms with Gasteiger partial charge < -0.3 is 20.1 Å². The Balaban J connectivity index is 1.73. The zero-order valence-corrected chi connectivity index (χ0v) is 17.4. The Hall–Kier alpha value is -2.57. The van der Waals surface area contributed by atoms with Crippen molar-refractivity contribution in [3.05, 3.63) is 41.7 Å². The topological polar surface area (TPSA) is 76.7 Å². The zero-order chi connectivity index (χ0) is 21.3. The summed E-state index contributed by atoms with van der Waals surface area (Å²) >= 11 is 0. The predicted molar refractivity (Wildman–Crippen MR) is 110 cm³/mol. The average molecular weight is 406 g/mol. The molecule has 0 aromatic heterocycles. The minimum Gasteiger partial charge on any atom is -0.487 e. The van der Waals surface area contributed by atoms with Gasteiger partial charge in [-0.15, -0.1) is 0 Å². The van der Waals surface area contributed by atoms with Gasteiger partial charge in [0.05, 0.1) is 0 Å². The summed E-state index contributed by atoms with van der Waals surface area (Å²) in [5.74, 6) is -0.147. The van der Waals surface area contributed by atoms with Gasteiger partial charge in [-0.05, 0) is 64.0 Å². The van der Waals surface area contributed by atoms with Crippen LogP contribution in [0.25, 0.3) is 0 Å². The first-order valence-electron chi connectivity index (χ1n) is 10.1. The zero-order valence-electron chi connectivity index (χ0n) is 17.4. The Kier molecular flexibility index (Phi) is 8.49. The van der Waals surface area contributed by atoms with Crippen molar-refractivity contribution in [2.75, 3.05) is 13.2 Å². The Labute approximate surface area is 171 Å². The fourth-order valence-electron chi connectivity index (χ4n) is 2.99. The number of benzene rings is 1. The van der Waals surface area contributed by atoms with Crippen molar-refractivity contribution in [2.24, 2.45) is 0 Å². The molecule has 0 bridgehead atoms. The average Bonchev–Trinajstić information content (AvgIpc) is 2.66. The van der Waals surface area contributed by atoms with Crippen molar-refractivity contribution in [3.63, 3.8) is 0 Å². The second-order valence-corrected chi connectivity index (χ2v) is 8.16. The van der Waals surface area contributed by atoms with Crippen LogP contribution in [-0.2, 0) is 4.74 Å². The summed E-state index contributed by atoms with van der Waals surface area (Å²) in [6.45, 7) is 5.00. The Bertz CT molecular complexity index is 705. The van der Waals surface area contributed by atoms with Crippen molar-refractivity contribution in [2.45, 2.75) is 64.5 Å². The highest BCUT2D eigenvalue weighted by atomic mass is 19.1. The number of hydrogen-bond acceptors (Lipinski definition) is 4. The predicted octanol–water partition coefficient (Wildman–Crippen LogP) is 4.51. The van der Waals surface area contributed by atoms with Gasteiger partial charge >= 0.3 is 6.09 Å². The van der Waals surface area contributed by atoms with Crippen LogP contribution in [0.5, 0.6) is 5.75 Å². The Morgan fingerprint density at radius 1 is 1.14 bits per heavy atom. The standard InChI is InChI=1S/C22H31FN2O4/c1-22(2,3)29-21(27)24-14-13-17(23)15-28-19-11-9-16(10-12-19)20(26)25-18-7-5-4-6-8-18/h9-13,18H,4-8,14-15H2,1-3H3,(H,24,27)(H,25,26)/b17-13-. The number of rotatable bonds is 7. The highest BCUT2D eigenvalue weighted by Crippen LogP contribution is 2.19. The van der Waals surface area contributed by atoms with Gasteiger partial charge in [-0.3, -0.25) is 4.79 Å². The van der Waals surface area contributed by atoms with Crippen LogP contribution in [0.1, 0.15) is 63.2 Å². The van der Waals surface area contributed by atoms with Gasteiger partial charge in [0.25, 0.3) is 5.91 Å². The first-order chi connectivity index (χ1) is 13.7. The summed E-state index contributed by atoms with van der Waals surface area (Å²) in [6.07, 6.45) is 6.22. The molecule has 0 unspecified atom stereocenters. The number of amides is 2. The quantitative estimate of drug-likeness (QED) is 0.699. The van der Waals surface area contributed by atoms with Gasteiger partial charge in [0.2, 0.25) is 0 Å². The van der Waals surface area contributed by atoms with E-state index in [1.807, 2.05) is 0 Å². The molecule has 160 valence electrons. The van der Waals surface area contributed by atoms with Crippen molar-refractivity contribution >= 4 is 12.0 Å². The van der Waals surface area contributed by atoms with E-state index in [-0.39, 0.29) is 25.1 Å². The third-order valence-corrected chi connectivity index (χ3v) is 4.40. The van der Waals surface area contributed by atoms with E-state index in [1.165, 1.54) is 12.5 Å². The molecule has 1 aliphatic carbocycles. The second kappa shape index (κ2) is 10.8. The highest BCUT2D eigenvalue weighted by molar-refractivity contribution is 5.94. The summed E-state index contributed by atoms with van der Waals surface area (Å²) in [5, 5.41) is 5.50. The van der Waals surface area contributed by atoms with Crippen molar-refractivity contribution in [3.8, 4) is 5.75 Å². The van der Waals surface area contributed by atoms with Crippen molar-refractivity contribution in [1.29, 1.82) is 0 Å². The number of carbonyl (C=O) groups excluding carboxylic acids is 2. The lowest BCUT2D eigenvalue weighted by atomic mass is 9.95. The fourth-order valence-corrected chi connectivity index (χ4v) is 2.99. The Morgan fingerprint density at radius 2 is 1.79 bits per heavy atom. The smallest absolute Gasteiger partial charge is 0.407 e. The molecule has 0 spiro atoms. The molecule has 2 amide bonds. The van der Waals surface area contributed by atoms with E-state index in [4.69, 9.17) is 9.47 Å². The number of ether oxygens (including phenoxy) is 2. The Morgan fingerprint density at radius 3 is 2.41 bits per heavy atom. The normalized spacial score (nSPS) is 15.5. The third-order valence-electron chi connectivity index (χ3n) is 4.40. The molecular formula is C22H31FN2O4. The molecule has 1 aromatic carbocycles. The van der Waals surface area contributed by atoms with Crippen LogP contribution in [0, 0.1) is 0 Å². The summed E-state index contributed by atoms with van der Waals surface area (Å²) in [5.41, 5.74) is -0.0462. The van der Waals surface area contributed by atoms with Crippen LogP contribution >= 0.6 is 0 Å². The van der Waals surface area contributed by atoms with Gasteiger partial charge in [0.1, 0.15) is 23.8 Å². The summed E-state index contributed by atoms with van der Waals surface area (Å²) < 4.78 is 24.3. The van der Waals surface area contributed by atoms with E-state index in [9.17, 15) is 14.0 Å². The summed E-state index contributed by atoms with van der Waals surface area (Å²) in [7, 11) is 0. The maximum absolute atomic E-state index is 13.8. The van der Waals surface area contributed by atoms with Crippen LogP contribution in [0.3, 0.4) is 0 Å². The van der Waals surface area contributed by atoms with E-state index < -0.39 is 17.5 Å². The van der Waals surface area contributed by atoms with Gasteiger partial charge in [0, 0.05) is 18.2 Å². The molecule has 7 heteroatoms. The molecule has 6 nitrogen and oxygen atoms in total. The van der Waals surface area contributed by atoms with Crippen molar-refractivity contribution < 1.29 is 23.5 Å². The van der Waals surface area contributed by atoms with Crippen LogP contribution in [0.4, 0.5) is 9.18 Å². The van der Waals surface area contributed by atoms with Gasteiger partial charge in [0.15, 0.2) is 0 Å². The molecule has 0 radical (unpaired) electrons. The molecule has 2 rings (SSSR count). The van der Waals surface area contributed by atoms with E-state index in [0.717, 1.165) is 25.7 Å². The molecule has 1 aliphatic rings. The maximum atomic E-state index is 13.8. The molecular weight excluding hydrogens is 375 g/mol. The van der Waals surface area contributed by atoms with Gasteiger partial charge in [-0.25, -0.2) is 9.18 Å². The molecule has 0 saturated heterocycles. The SMILES string of the molecule is CC(C)(C)OC(=O)NC/C=C(\F)COc1ccc(C(=O)NC2CCCCC2)cc1. The van der Waals surface area contributed by atoms with Crippen LogP contribution < -0.4 is 15.4 Å². The lowest BCUT2D eigenvalue weighted by molar-refractivity contribution is 0.0533. The maximum Gasteiger partial charge on any atom is 0.407 e. The van der Waals surface area contributed by atoms with Gasteiger partial charge in [-0.1, -0.05) is 19.3 Å².